The van der Waals surface area contributed by atoms with E-state index >= 15 is 0 Å². The van der Waals surface area contributed by atoms with Crippen molar-refractivity contribution in [3.63, 3.8) is 0 Å². The first kappa shape index (κ1) is 24.6. The third-order valence-electron chi connectivity index (χ3n) is 5.48. The molecule has 0 spiro atoms. The van der Waals surface area contributed by atoms with Crippen molar-refractivity contribution in [2.24, 2.45) is 0 Å². The lowest BCUT2D eigenvalue weighted by Gasteiger charge is -2.31. The third-order valence-corrected chi connectivity index (χ3v) is 8.85. The zero-order valence-electron chi connectivity index (χ0n) is 19.0. The van der Waals surface area contributed by atoms with Crippen LogP contribution in [0.25, 0.3) is 0 Å². The predicted molar refractivity (Wildman–Crippen MR) is 132 cm³/mol. The Morgan fingerprint density at radius 2 is 1.17 bits per heavy atom. The normalized spacial score (nSPS) is 11.9. The maximum absolute atomic E-state index is 6.69. The monoisotopic (exact) mass is 424 g/mol. The van der Waals surface area contributed by atoms with Crippen LogP contribution in [0.4, 0.5) is 0 Å². The summed E-state index contributed by atoms with van der Waals surface area (Å²) in [5, 5.41) is 2.35. The molecule has 30 heavy (non-hydrogen) atoms. The second-order valence-electron chi connectivity index (χ2n) is 7.91. The van der Waals surface area contributed by atoms with E-state index in [0.29, 0.717) is 6.61 Å². The molecule has 0 aliphatic carbocycles. The van der Waals surface area contributed by atoms with Crippen molar-refractivity contribution in [2.45, 2.75) is 71.6 Å². The lowest BCUT2D eigenvalue weighted by Crippen LogP contribution is -2.63. The van der Waals surface area contributed by atoms with Crippen LogP contribution in [0.1, 0.15) is 71.6 Å². The highest BCUT2D eigenvalue weighted by atomic mass is 28.4. The molecule has 3 heteroatoms. The Balaban J connectivity index is 1.98. The van der Waals surface area contributed by atoms with E-state index in [4.69, 9.17) is 8.85 Å². The zero-order valence-corrected chi connectivity index (χ0v) is 20.0. The van der Waals surface area contributed by atoms with Gasteiger partial charge in [0.15, 0.2) is 0 Å². The van der Waals surface area contributed by atoms with Crippen LogP contribution < -0.4 is 10.4 Å². The molecular weight excluding hydrogens is 384 g/mol. The minimum Gasteiger partial charge on any atom is -0.388 e. The highest BCUT2D eigenvalue weighted by molar-refractivity contribution is 6.92. The van der Waals surface area contributed by atoms with E-state index in [1.165, 1.54) is 61.7 Å². The van der Waals surface area contributed by atoms with Gasteiger partial charge in [-0.05, 0) is 23.7 Å². The second kappa shape index (κ2) is 15.2. The molecular formula is C27H40O2Si. The Kier molecular flexibility index (Phi) is 12.4. The van der Waals surface area contributed by atoms with Gasteiger partial charge in [0.1, 0.15) is 0 Å². The van der Waals surface area contributed by atoms with Gasteiger partial charge in [0.25, 0.3) is 0 Å². The standard InChI is InChI=1S/C27H40O2Si/c1-3-5-7-8-9-10-11-12-19-25-29-30(28-24-6-4-2,26-20-15-13-16-21-26)27-22-17-14-18-23-27/h4,6,13-18,20-23H,3,5,7-12,19,24-25H2,1-2H3/b6-4+. The van der Waals surface area contributed by atoms with E-state index in [1.807, 2.05) is 13.0 Å². The summed E-state index contributed by atoms with van der Waals surface area (Å²) in [5.74, 6) is 0. The number of unbranched alkanes of at least 4 members (excludes halogenated alkanes) is 8. The summed E-state index contributed by atoms with van der Waals surface area (Å²) in [6.45, 7) is 5.63. The predicted octanol–water partition coefficient (Wildman–Crippen LogP) is 6.38. The van der Waals surface area contributed by atoms with Crippen molar-refractivity contribution in [3.8, 4) is 0 Å². The van der Waals surface area contributed by atoms with Gasteiger partial charge in [0.2, 0.25) is 0 Å². The highest BCUT2D eigenvalue weighted by Crippen LogP contribution is 2.14. The quantitative estimate of drug-likeness (QED) is 0.177. The van der Waals surface area contributed by atoms with Crippen LogP contribution in [0.15, 0.2) is 72.8 Å². The summed E-state index contributed by atoms with van der Waals surface area (Å²) in [5.41, 5.74) is 0. The van der Waals surface area contributed by atoms with Gasteiger partial charge in [-0.15, -0.1) is 0 Å². The van der Waals surface area contributed by atoms with E-state index < -0.39 is 8.56 Å². The lowest BCUT2D eigenvalue weighted by atomic mass is 10.1. The molecule has 0 heterocycles. The minimum absolute atomic E-state index is 0.574. The second-order valence-corrected chi connectivity index (χ2v) is 10.9. The van der Waals surface area contributed by atoms with Crippen LogP contribution in [0.5, 0.6) is 0 Å². The van der Waals surface area contributed by atoms with Crippen LogP contribution in [-0.4, -0.2) is 21.8 Å². The van der Waals surface area contributed by atoms with Crippen molar-refractivity contribution in [1.82, 2.24) is 0 Å². The Hall–Kier alpha value is -1.68. The molecule has 0 N–H and O–H groups in total. The summed E-state index contributed by atoms with van der Waals surface area (Å²) >= 11 is 0. The molecule has 2 aromatic carbocycles. The summed E-state index contributed by atoms with van der Waals surface area (Å²) in [4.78, 5) is 0. The van der Waals surface area contributed by atoms with E-state index in [0.717, 1.165) is 13.0 Å². The highest BCUT2D eigenvalue weighted by Gasteiger charge is 2.42. The first-order chi connectivity index (χ1) is 14.8. The number of hydrogen-bond donors (Lipinski definition) is 0. The number of hydrogen-bond acceptors (Lipinski definition) is 2. The minimum atomic E-state index is -2.73. The first-order valence-electron chi connectivity index (χ1n) is 11.8. The average Bonchev–Trinajstić information content (AvgIpc) is 2.80. The van der Waals surface area contributed by atoms with Gasteiger partial charge < -0.3 is 8.85 Å². The molecule has 0 amide bonds. The molecule has 0 aromatic heterocycles. The molecule has 164 valence electrons. The number of benzene rings is 2. The van der Waals surface area contributed by atoms with Crippen LogP contribution in [0, 0.1) is 0 Å². The first-order valence-corrected chi connectivity index (χ1v) is 13.6. The maximum atomic E-state index is 6.69. The molecule has 0 saturated heterocycles. The molecule has 0 aliphatic heterocycles. The Morgan fingerprint density at radius 1 is 0.667 bits per heavy atom. The topological polar surface area (TPSA) is 18.5 Å². The molecule has 0 atom stereocenters. The summed E-state index contributed by atoms with van der Waals surface area (Å²) in [6, 6.07) is 21.1. The Morgan fingerprint density at radius 3 is 1.67 bits per heavy atom. The smallest absolute Gasteiger partial charge is 0.388 e. The van der Waals surface area contributed by atoms with E-state index in [2.05, 4.69) is 73.7 Å². The van der Waals surface area contributed by atoms with Crippen molar-refractivity contribution in [3.05, 3.63) is 72.8 Å². The fourth-order valence-electron chi connectivity index (χ4n) is 3.75. The van der Waals surface area contributed by atoms with Crippen LogP contribution in [0.3, 0.4) is 0 Å². The SMILES string of the molecule is C/C=C/CO[Si](OCCCCCCCCCCC)(c1ccccc1)c1ccccc1. The average molecular weight is 425 g/mol. The summed E-state index contributed by atoms with van der Waals surface area (Å²) in [6.07, 6.45) is 15.9. The van der Waals surface area contributed by atoms with Crippen LogP contribution in [0.2, 0.25) is 0 Å². The van der Waals surface area contributed by atoms with Crippen molar-refractivity contribution in [2.75, 3.05) is 13.2 Å². The molecule has 0 unspecified atom stereocenters. The molecule has 0 fully saturated rings. The molecule has 2 aromatic rings. The molecule has 0 bridgehead atoms. The van der Waals surface area contributed by atoms with E-state index in [1.54, 1.807) is 0 Å². The van der Waals surface area contributed by atoms with Crippen LogP contribution in [-0.2, 0) is 8.85 Å². The molecule has 0 radical (unpaired) electrons. The number of rotatable bonds is 16. The molecule has 2 nitrogen and oxygen atoms in total. The molecule has 2 rings (SSSR count). The fraction of sp³-hybridized carbons (Fsp3) is 0.481. The van der Waals surface area contributed by atoms with Crippen LogP contribution >= 0.6 is 0 Å². The Labute approximate surface area is 185 Å². The van der Waals surface area contributed by atoms with Gasteiger partial charge in [-0.3, -0.25) is 0 Å². The van der Waals surface area contributed by atoms with Crippen molar-refractivity contribution < 1.29 is 8.85 Å². The summed E-state index contributed by atoms with van der Waals surface area (Å²) in [7, 11) is -2.73. The van der Waals surface area contributed by atoms with Gasteiger partial charge in [-0.1, -0.05) is 131 Å². The lowest BCUT2D eigenvalue weighted by molar-refractivity contribution is 0.203. The molecule has 0 saturated carbocycles. The van der Waals surface area contributed by atoms with Gasteiger partial charge in [-0.25, -0.2) is 0 Å². The van der Waals surface area contributed by atoms with Gasteiger partial charge in [-0.2, -0.15) is 0 Å². The largest absolute Gasteiger partial charge is 0.407 e. The zero-order chi connectivity index (χ0) is 21.3. The molecule has 0 aliphatic rings. The van der Waals surface area contributed by atoms with Gasteiger partial charge >= 0.3 is 8.56 Å². The van der Waals surface area contributed by atoms with Gasteiger partial charge in [0, 0.05) is 6.61 Å². The number of allylic oxidation sites excluding steroid dienone is 1. The van der Waals surface area contributed by atoms with Crippen molar-refractivity contribution >= 4 is 18.9 Å². The maximum Gasteiger partial charge on any atom is 0.407 e. The third kappa shape index (κ3) is 8.21. The van der Waals surface area contributed by atoms with E-state index in [-0.39, 0.29) is 0 Å². The Bertz CT molecular complexity index is 645. The summed E-state index contributed by atoms with van der Waals surface area (Å²) < 4.78 is 13.2. The fourth-order valence-corrected chi connectivity index (χ4v) is 6.86. The van der Waals surface area contributed by atoms with Crippen molar-refractivity contribution in [1.29, 1.82) is 0 Å². The van der Waals surface area contributed by atoms with E-state index in [9.17, 15) is 0 Å². The van der Waals surface area contributed by atoms with Gasteiger partial charge in [0.05, 0.1) is 6.61 Å².